The summed E-state index contributed by atoms with van der Waals surface area (Å²) < 4.78 is 5.95. The van der Waals surface area contributed by atoms with Gasteiger partial charge in [0.25, 0.3) is 0 Å². The molecule has 2 rings (SSSR count). The van der Waals surface area contributed by atoms with Gasteiger partial charge in [-0.05, 0) is 63.6 Å². The summed E-state index contributed by atoms with van der Waals surface area (Å²) in [5, 5.41) is 0. The number of carbonyl (C=O) groups excluding carboxylic acids is 1. The zero-order chi connectivity index (χ0) is 15.4. The molecule has 21 heavy (non-hydrogen) atoms. The minimum atomic E-state index is 0.189. The lowest BCUT2D eigenvalue weighted by Gasteiger charge is -2.33. The molecule has 1 aliphatic rings. The lowest BCUT2D eigenvalue weighted by atomic mass is 9.78. The minimum absolute atomic E-state index is 0.189. The fourth-order valence-corrected chi connectivity index (χ4v) is 3.59. The first-order valence-corrected chi connectivity index (χ1v) is 7.88. The molecule has 1 aromatic carbocycles. The van der Waals surface area contributed by atoms with Gasteiger partial charge >= 0.3 is 0 Å². The second-order valence-corrected chi connectivity index (χ2v) is 6.36. The molecule has 0 amide bonds. The quantitative estimate of drug-likeness (QED) is 0.453. The van der Waals surface area contributed by atoms with E-state index in [-0.39, 0.29) is 6.10 Å². The third kappa shape index (κ3) is 3.75. The summed E-state index contributed by atoms with van der Waals surface area (Å²) in [7, 11) is 0. The first kappa shape index (κ1) is 15.8. The fraction of sp³-hybridized carbons (Fsp3) is 0.526. The Kier molecular flexibility index (Phi) is 5.22. The summed E-state index contributed by atoms with van der Waals surface area (Å²) >= 11 is 0. The van der Waals surface area contributed by atoms with Crippen LogP contribution in [0.1, 0.15) is 60.8 Å². The van der Waals surface area contributed by atoms with Crippen molar-refractivity contribution in [2.75, 3.05) is 0 Å². The van der Waals surface area contributed by atoms with Gasteiger partial charge in [-0.3, -0.25) is 4.79 Å². The van der Waals surface area contributed by atoms with Gasteiger partial charge in [-0.25, -0.2) is 0 Å². The first-order chi connectivity index (χ1) is 10.0. The van der Waals surface area contributed by atoms with E-state index in [4.69, 9.17) is 4.74 Å². The zero-order valence-corrected chi connectivity index (χ0v) is 13.6. The molecule has 0 aromatic heterocycles. The molecule has 0 saturated heterocycles. The number of aryl methyl sites for hydroxylation is 3. The molecule has 2 heteroatoms. The van der Waals surface area contributed by atoms with Crippen molar-refractivity contribution in [3.05, 3.63) is 46.2 Å². The van der Waals surface area contributed by atoms with E-state index in [0.717, 1.165) is 12.7 Å². The SMILES string of the molecule is C/C(C=O)=C\O[C@H]1CCCC[C@@H]1c1c(C)cc(C)cc1C. The van der Waals surface area contributed by atoms with Crippen molar-refractivity contribution in [1.82, 2.24) is 0 Å². The smallest absolute Gasteiger partial charge is 0.148 e. The van der Waals surface area contributed by atoms with Crippen molar-refractivity contribution in [3.8, 4) is 0 Å². The Bertz CT molecular complexity index is 519. The van der Waals surface area contributed by atoms with Crippen molar-refractivity contribution >= 4 is 6.29 Å². The lowest BCUT2D eigenvalue weighted by molar-refractivity contribution is -0.105. The molecule has 114 valence electrons. The van der Waals surface area contributed by atoms with Gasteiger partial charge in [-0.1, -0.05) is 24.1 Å². The van der Waals surface area contributed by atoms with Crippen LogP contribution in [0.4, 0.5) is 0 Å². The maximum absolute atomic E-state index is 10.7. The molecule has 1 saturated carbocycles. The number of rotatable bonds is 4. The molecule has 1 aliphatic carbocycles. The summed E-state index contributed by atoms with van der Waals surface area (Å²) in [6.45, 7) is 8.34. The van der Waals surface area contributed by atoms with Crippen LogP contribution in [-0.4, -0.2) is 12.4 Å². The first-order valence-electron chi connectivity index (χ1n) is 7.88. The molecule has 2 atom stereocenters. The van der Waals surface area contributed by atoms with Crippen LogP contribution >= 0.6 is 0 Å². The Morgan fingerprint density at radius 3 is 2.38 bits per heavy atom. The van der Waals surface area contributed by atoms with Crippen LogP contribution in [0.15, 0.2) is 24.0 Å². The van der Waals surface area contributed by atoms with Crippen LogP contribution in [0.2, 0.25) is 0 Å². The number of hydrogen-bond acceptors (Lipinski definition) is 2. The molecule has 0 aliphatic heterocycles. The van der Waals surface area contributed by atoms with Gasteiger partial charge in [-0.15, -0.1) is 0 Å². The van der Waals surface area contributed by atoms with Gasteiger partial charge in [0.15, 0.2) is 0 Å². The summed E-state index contributed by atoms with van der Waals surface area (Å²) in [4.78, 5) is 10.7. The van der Waals surface area contributed by atoms with Crippen LogP contribution in [0.25, 0.3) is 0 Å². The molecule has 1 aromatic rings. The van der Waals surface area contributed by atoms with Gasteiger partial charge in [-0.2, -0.15) is 0 Å². The number of allylic oxidation sites excluding steroid dienone is 1. The third-order valence-corrected chi connectivity index (χ3v) is 4.43. The van der Waals surface area contributed by atoms with Crippen LogP contribution in [0.5, 0.6) is 0 Å². The average Bonchev–Trinajstić information content (AvgIpc) is 2.44. The standard InChI is InChI=1S/C19H26O2/c1-13-9-15(3)19(16(4)10-13)17-7-5-6-8-18(17)21-12-14(2)11-20/h9-12,17-18H,5-8H2,1-4H3/b14-12+/t17-,18-/m0/s1. The minimum Gasteiger partial charge on any atom is -0.497 e. The Morgan fingerprint density at radius 2 is 1.76 bits per heavy atom. The molecule has 0 N–H and O–H groups in total. The molecule has 2 nitrogen and oxygen atoms in total. The van der Waals surface area contributed by atoms with E-state index in [9.17, 15) is 4.79 Å². The normalized spacial score (nSPS) is 23.0. The Hall–Kier alpha value is -1.57. The molecule has 0 spiro atoms. The summed E-state index contributed by atoms with van der Waals surface area (Å²) in [5.41, 5.74) is 6.14. The predicted molar refractivity (Wildman–Crippen MR) is 86.6 cm³/mol. The van der Waals surface area contributed by atoms with Gasteiger partial charge in [0, 0.05) is 11.5 Å². The van der Waals surface area contributed by atoms with Crippen molar-refractivity contribution in [2.45, 2.75) is 65.4 Å². The molecular weight excluding hydrogens is 260 g/mol. The van der Waals surface area contributed by atoms with E-state index in [0.29, 0.717) is 11.5 Å². The van der Waals surface area contributed by atoms with Crippen LogP contribution in [0.3, 0.4) is 0 Å². The predicted octanol–water partition coefficient (Wildman–Crippen LogP) is 4.76. The average molecular weight is 286 g/mol. The van der Waals surface area contributed by atoms with E-state index in [1.807, 2.05) is 0 Å². The highest BCUT2D eigenvalue weighted by Gasteiger charge is 2.29. The molecule has 0 heterocycles. The van der Waals surface area contributed by atoms with Crippen molar-refractivity contribution < 1.29 is 9.53 Å². The Balaban J connectivity index is 2.29. The number of ether oxygens (including phenoxy) is 1. The highest BCUT2D eigenvalue weighted by molar-refractivity contribution is 5.71. The maximum atomic E-state index is 10.7. The van der Waals surface area contributed by atoms with Crippen LogP contribution < -0.4 is 0 Å². The van der Waals surface area contributed by atoms with E-state index in [1.54, 1.807) is 13.2 Å². The number of hydrogen-bond donors (Lipinski definition) is 0. The Morgan fingerprint density at radius 1 is 1.14 bits per heavy atom. The largest absolute Gasteiger partial charge is 0.497 e. The molecule has 0 bridgehead atoms. The van der Waals surface area contributed by atoms with Gasteiger partial charge in [0.1, 0.15) is 12.4 Å². The molecule has 0 unspecified atom stereocenters. The zero-order valence-electron chi connectivity index (χ0n) is 13.6. The highest BCUT2D eigenvalue weighted by Crippen LogP contribution is 2.38. The van der Waals surface area contributed by atoms with Crippen molar-refractivity contribution in [3.63, 3.8) is 0 Å². The molecular formula is C19H26O2. The lowest BCUT2D eigenvalue weighted by Crippen LogP contribution is -2.26. The van der Waals surface area contributed by atoms with E-state index in [2.05, 4.69) is 32.9 Å². The molecule has 0 radical (unpaired) electrons. The number of benzene rings is 1. The molecule has 1 fully saturated rings. The number of carbonyl (C=O) groups is 1. The topological polar surface area (TPSA) is 26.3 Å². The Labute approximate surface area is 128 Å². The van der Waals surface area contributed by atoms with Gasteiger partial charge in [0.2, 0.25) is 0 Å². The second kappa shape index (κ2) is 6.93. The van der Waals surface area contributed by atoms with E-state index < -0.39 is 0 Å². The van der Waals surface area contributed by atoms with Gasteiger partial charge in [0.05, 0.1) is 6.26 Å². The highest BCUT2D eigenvalue weighted by atomic mass is 16.5. The summed E-state index contributed by atoms with van der Waals surface area (Å²) in [5.74, 6) is 0.440. The maximum Gasteiger partial charge on any atom is 0.148 e. The monoisotopic (exact) mass is 286 g/mol. The summed E-state index contributed by atoms with van der Waals surface area (Å²) in [6.07, 6.45) is 7.37. The van der Waals surface area contributed by atoms with Crippen molar-refractivity contribution in [2.24, 2.45) is 0 Å². The third-order valence-electron chi connectivity index (χ3n) is 4.43. The van der Waals surface area contributed by atoms with Gasteiger partial charge < -0.3 is 4.74 Å². The second-order valence-electron chi connectivity index (χ2n) is 6.36. The fourth-order valence-electron chi connectivity index (χ4n) is 3.59. The van der Waals surface area contributed by atoms with E-state index in [1.165, 1.54) is 41.5 Å². The van der Waals surface area contributed by atoms with Crippen LogP contribution in [0, 0.1) is 20.8 Å². The van der Waals surface area contributed by atoms with Crippen molar-refractivity contribution in [1.29, 1.82) is 0 Å². The summed E-state index contributed by atoms with van der Waals surface area (Å²) in [6, 6.07) is 4.53. The van der Waals surface area contributed by atoms with E-state index >= 15 is 0 Å². The van der Waals surface area contributed by atoms with Crippen LogP contribution in [-0.2, 0) is 9.53 Å². The number of aldehydes is 1.